The third-order valence-electron chi connectivity index (χ3n) is 1.65. The van der Waals surface area contributed by atoms with Crippen LogP contribution >= 0.6 is 0 Å². The minimum atomic E-state index is -2.22. The lowest BCUT2D eigenvalue weighted by molar-refractivity contribution is -0.162. The van der Waals surface area contributed by atoms with Crippen LogP contribution in [-0.4, -0.2) is 62.5 Å². The van der Waals surface area contributed by atoms with Gasteiger partial charge in [-0.1, -0.05) is 5.11 Å². The number of aliphatic carboxylic acids is 1. The number of aliphatic hydroxyl groups is 4. The zero-order chi connectivity index (χ0) is 12.0. The summed E-state index contributed by atoms with van der Waals surface area (Å²) < 4.78 is 0. The molecule has 0 aromatic heterocycles. The Morgan fingerprint density at radius 2 is 1.80 bits per heavy atom. The van der Waals surface area contributed by atoms with E-state index in [0.29, 0.717) is 0 Å². The average Bonchev–Trinajstić information content (AvgIpc) is 2.22. The fraction of sp³-hybridized carbons (Fsp3) is 0.833. The first-order chi connectivity index (χ1) is 6.91. The molecule has 0 aromatic carbocycles. The molecule has 0 heterocycles. The van der Waals surface area contributed by atoms with E-state index in [9.17, 15) is 4.79 Å². The number of carboxylic acid groups (broad SMARTS) is 1. The molecule has 4 atom stereocenters. The molecule has 9 heteroatoms. The number of carbonyl (C=O) groups is 1. The molecule has 0 amide bonds. The molecule has 86 valence electrons. The molecular formula is C6H11N3O6. The molecule has 9 nitrogen and oxygen atoms in total. The molecule has 15 heavy (non-hydrogen) atoms. The van der Waals surface area contributed by atoms with Gasteiger partial charge in [0.1, 0.15) is 12.2 Å². The van der Waals surface area contributed by atoms with Gasteiger partial charge in [0.2, 0.25) is 0 Å². The van der Waals surface area contributed by atoms with Crippen molar-refractivity contribution in [3.63, 3.8) is 0 Å². The van der Waals surface area contributed by atoms with Crippen molar-refractivity contribution in [2.45, 2.75) is 24.4 Å². The maximum atomic E-state index is 10.2. The molecule has 0 spiro atoms. The van der Waals surface area contributed by atoms with Gasteiger partial charge in [-0.05, 0) is 5.53 Å². The molecule has 0 bridgehead atoms. The van der Waals surface area contributed by atoms with Crippen molar-refractivity contribution in [3.05, 3.63) is 10.4 Å². The Morgan fingerprint density at radius 1 is 1.27 bits per heavy atom. The molecule has 0 aliphatic carbocycles. The summed E-state index contributed by atoms with van der Waals surface area (Å²) in [6.45, 7) is -0.541. The van der Waals surface area contributed by atoms with Crippen LogP contribution in [0.4, 0.5) is 0 Å². The lowest BCUT2D eigenvalue weighted by Gasteiger charge is -2.23. The highest BCUT2D eigenvalue weighted by atomic mass is 16.4. The Balaban J connectivity index is 4.35. The Hall–Kier alpha value is -1.38. The molecule has 0 fully saturated rings. The van der Waals surface area contributed by atoms with Crippen molar-refractivity contribution >= 4 is 5.97 Å². The van der Waals surface area contributed by atoms with E-state index < -0.39 is 36.9 Å². The van der Waals surface area contributed by atoms with E-state index in [4.69, 9.17) is 31.1 Å². The van der Waals surface area contributed by atoms with Crippen LogP contribution in [0.15, 0.2) is 5.11 Å². The Bertz CT molecular complexity index is 266. The largest absolute Gasteiger partial charge is 0.479 e. The number of rotatable bonds is 6. The molecular weight excluding hydrogens is 210 g/mol. The molecule has 5 N–H and O–H groups in total. The number of hydrogen-bond donors (Lipinski definition) is 5. The molecule has 0 aromatic rings. The first-order valence-electron chi connectivity index (χ1n) is 3.87. The van der Waals surface area contributed by atoms with Gasteiger partial charge in [0, 0.05) is 4.91 Å². The summed E-state index contributed by atoms with van der Waals surface area (Å²) >= 11 is 0. The fourth-order valence-corrected chi connectivity index (χ4v) is 0.789. The van der Waals surface area contributed by atoms with Crippen LogP contribution in [0.5, 0.6) is 0 Å². The van der Waals surface area contributed by atoms with Crippen molar-refractivity contribution in [2.75, 3.05) is 6.54 Å². The molecule has 0 saturated heterocycles. The lowest BCUT2D eigenvalue weighted by atomic mass is 10.0. The first kappa shape index (κ1) is 13.6. The lowest BCUT2D eigenvalue weighted by Crippen LogP contribution is -2.48. The van der Waals surface area contributed by atoms with Crippen LogP contribution in [0.1, 0.15) is 0 Å². The van der Waals surface area contributed by atoms with Gasteiger partial charge in [-0.15, -0.1) is 0 Å². The summed E-state index contributed by atoms with van der Waals surface area (Å²) in [5.74, 6) is -1.74. The van der Waals surface area contributed by atoms with Crippen molar-refractivity contribution in [3.8, 4) is 0 Å². The second-order valence-corrected chi connectivity index (χ2v) is 2.75. The maximum absolute atomic E-state index is 10.2. The van der Waals surface area contributed by atoms with Crippen LogP contribution in [0.2, 0.25) is 0 Å². The van der Waals surface area contributed by atoms with E-state index in [2.05, 4.69) is 10.0 Å². The Labute approximate surface area is 83.8 Å². The van der Waals surface area contributed by atoms with Crippen LogP contribution in [-0.2, 0) is 4.79 Å². The summed E-state index contributed by atoms with van der Waals surface area (Å²) in [6, 6.07) is 0. The van der Waals surface area contributed by atoms with E-state index in [1.54, 1.807) is 0 Å². The molecule has 0 aliphatic rings. The monoisotopic (exact) mass is 221 g/mol. The quantitative estimate of drug-likeness (QED) is 0.194. The molecule has 0 saturated carbocycles. The van der Waals surface area contributed by atoms with Crippen molar-refractivity contribution < 1.29 is 30.3 Å². The van der Waals surface area contributed by atoms with E-state index in [-0.39, 0.29) is 0 Å². The van der Waals surface area contributed by atoms with Crippen LogP contribution in [0, 0.1) is 0 Å². The van der Waals surface area contributed by atoms with Gasteiger partial charge in [-0.3, -0.25) is 0 Å². The highest BCUT2D eigenvalue weighted by Crippen LogP contribution is 2.06. The smallest absolute Gasteiger partial charge is 0.335 e. The average molecular weight is 221 g/mol. The number of nitrogens with zero attached hydrogens (tertiary/aromatic N) is 3. The van der Waals surface area contributed by atoms with Gasteiger partial charge >= 0.3 is 5.97 Å². The molecule has 0 aliphatic heterocycles. The SMILES string of the molecule is [N-]=[N+]=NC[C@@H](O)[C@@H](O)[C@H](O)[C@@H](O)C(=O)O. The van der Waals surface area contributed by atoms with E-state index in [1.165, 1.54) is 0 Å². The fourth-order valence-electron chi connectivity index (χ4n) is 0.789. The number of carboxylic acids is 1. The van der Waals surface area contributed by atoms with E-state index in [0.717, 1.165) is 0 Å². The van der Waals surface area contributed by atoms with Gasteiger partial charge in [0.25, 0.3) is 0 Å². The third-order valence-corrected chi connectivity index (χ3v) is 1.65. The maximum Gasteiger partial charge on any atom is 0.335 e. The minimum absolute atomic E-state index is 0.541. The Kier molecular flexibility index (Phi) is 5.60. The predicted molar refractivity (Wildman–Crippen MR) is 45.7 cm³/mol. The molecule has 0 unspecified atom stereocenters. The highest BCUT2D eigenvalue weighted by molar-refractivity contribution is 5.72. The van der Waals surface area contributed by atoms with E-state index >= 15 is 0 Å². The van der Waals surface area contributed by atoms with Gasteiger partial charge in [0.05, 0.1) is 12.6 Å². The number of aliphatic hydroxyl groups excluding tert-OH is 4. The summed E-state index contributed by atoms with van der Waals surface area (Å²) in [6.07, 6.45) is -7.85. The number of azide groups is 1. The summed E-state index contributed by atoms with van der Waals surface area (Å²) in [7, 11) is 0. The summed E-state index contributed by atoms with van der Waals surface area (Å²) in [5.41, 5.74) is 7.89. The highest BCUT2D eigenvalue weighted by Gasteiger charge is 2.33. The number of hydrogen-bond acceptors (Lipinski definition) is 6. The second-order valence-electron chi connectivity index (χ2n) is 2.75. The normalized spacial score (nSPS) is 18.4. The summed E-state index contributed by atoms with van der Waals surface area (Å²) in [4.78, 5) is 12.5. The third kappa shape index (κ3) is 4.11. The van der Waals surface area contributed by atoms with Gasteiger partial charge in [-0.2, -0.15) is 0 Å². The molecule has 0 rings (SSSR count). The topological polar surface area (TPSA) is 167 Å². The van der Waals surface area contributed by atoms with Gasteiger partial charge in [0.15, 0.2) is 6.10 Å². The van der Waals surface area contributed by atoms with Crippen molar-refractivity contribution in [1.29, 1.82) is 0 Å². The van der Waals surface area contributed by atoms with Gasteiger partial charge < -0.3 is 25.5 Å². The molecule has 0 radical (unpaired) electrons. The first-order valence-corrected chi connectivity index (χ1v) is 3.87. The van der Waals surface area contributed by atoms with Crippen LogP contribution in [0.25, 0.3) is 10.4 Å². The zero-order valence-electron chi connectivity index (χ0n) is 7.50. The van der Waals surface area contributed by atoms with Crippen molar-refractivity contribution in [1.82, 2.24) is 0 Å². The zero-order valence-corrected chi connectivity index (χ0v) is 7.50. The minimum Gasteiger partial charge on any atom is -0.479 e. The van der Waals surface area contributed by atoms with Gasteiger partial charge in [-0.25, -0.2) is 4.79 Å². The summed E-state index contributed by atoms with van der Waals surface area (Å²) in [5, 5.41) is 47.2. The van der Waals surface area contributed by atoms with Crippen LogP contribution in [0.3, 0.4) is 0 Å². The van der Waals surface area contributed by atoms with Crippen molar-refractivity contribution in [2.24, 2.45) is 5.11 Å². The van der Waals surface area contributed by atoms with Crippen LogP contribution < -0.4 is 0 Å². The van der Waals surface area contributed by atoms with E-state index in [1.807, 2.05) is 0 Å². The second kappa shape index (κ2) is 6.17. The standard InChI is InChI=1S/C6H11N3O6/c7-9-8-1-2(10)3(11)4(12)5(13)6(14)15/h2-5,10-13H,1H2,(H,14,15)/t2-,3-,4+,5-/m1/s1. The Morgan fingerprint density at radius 3 is 2.20 bits per heavy atom. The predicted octanol–water partition coefficient (Wildman–Crippen LogP) is -2.18.